The van der Waals surface area contributed by atoms with E-state index in [0.29, 0.717) is 18.0 Å². The summed E-state index contributed by atoms with van der Waals surface area (Å²) in [6.45, 7) is 3.99. The van der Waals surface area contributed by atoms with Gasteiger partial charge in [-0.05, 0) is 37.6 Å². The first-order valence-corrected chi connectivity index (χ1v) is 10.4. The molecule has 1 unspecified atom stereocenters. The number of carbonyl (C=O) groups is 1. The number of nitrogens with zero attached hydrogens (tertiary/aromatic N) is 1. The predicted octanol–water partition coefficient (Wildman–Crippen LogP) is 3.41. The molecule has 0 aliphatic carbocycles. The summed E-state index contributed by atoms with van der Waals surface area (Å²) in [6.07, 6.45) is 1.11. The zero-order valence-electron chi connectivity index (χ0n) is 15.5. The molecule has 1 amide bonds. The number of carbonyl (C=O) groups excluding carboxylic acids is 1. The molecule has 0 aliphatic heterocycles. The molecule has 0 saturated heterocycles. The van der Waals surface area contributed by atoms with Gasteiger partial charge in [-0.2, -0.15) is 0 Å². The fourth-order valence-electron chi connectivity index (χ4n) is 2.72. The molecule has 2 aromatic rings. The van der Waals surface area contributed by atoms with Gasteiger partial charge in [-0.3, -0.25) is 9.10 Å². The van der Waals surface area contributed by atoms with Gasteiger partial charge in [0, 0.05) is 11.8 Å². The number of rotatable bonds is 8. The summed E-state index contributed by atoms with van der Waals surface area (Å²) in [5.74, 6) is -0.690. The van der Waals surface area contributed by atoms with Crippen molar-refractivity contribution in [3.63, 3.8) is 0 Å². The Bertz CT molecular complexity index is 902. The molecular formula is C19H23FN2O4S. The second-order valence-corrected chi connectivity index (χ2v) is 7.74. The average Bonchev–Trinajstić information content (AvgIpc) is 2.60. The van der Waals surface area contributed by atoms with Crippen LogP contribution in [-0.2, 0) is 14.8 Å². The maximum atomic E-state index is 14.2. The smallest absolute Gasteiger partial charge is 0.248 e. The maximum absolute atomic E-state index is 14.2. The lowest BCUT2D eigenvalue weighted by Crippen LogP contribution is -2.47. The number of halogens is 1. The van der Waals surface area contributed by atoms with Gasteiger partial charge < -0.3 is 10.1 Å². The van der Waals surface area contributed by atoms with Crippen molar-refractivity contribution >= 4 is 27.3 Å². The van der Waals surface area contributed by atoms with Crippen LogP contribution in [0.5, 0.6) is 5.75 Å². The summed E-state index contributed by atoms with van der Waals surface area (Å²) in [6, 6.07) is 11.1. The number of anilines is 2. The van der Waals surface area contributed by atoms with Gasteiger partial charge in [0.1, 0.15) is 17.6 Å². The number of sulfonamides is 1. The largest absolute Gasteiger partial charge is 0.494 e. The monoisotopic (exact) mass is 394 g/mol. The van der Waals surface area contributed by atoms with Gasteiger partial charge in [-0.25, -0.2) is 12.8 Å². The zero-order chi connectivity index (χ0) is 20.0. The van der Waals surface area contributed by atoms with E-state index in [4.69, 9.17) is 4.74 Å². The van der Waals surface area contributed by atoms with E-state index < -0.39 is 27.8 Å². The Hall–Kier alpha value is -2.61. The van der Waals surface area contributed by atoms with E-state index in [9.17, 15) is 17.6 Å². The first kappa shape index (κ1) is 20.7. The Kier molecular flexibility index (Phi) is 6.79. The quantitative estimate of drug-likeness (QED) is 0.745. The number of hydrogen-bond donors (Lipinski definition) is 1. The van der Waals surface area contributed by atoms with Gasteiger partial charge >= 0.3 is 0 Å². The van der Waals surface area contributed by atoms with Crippen molar-refractivity contribution in [1.29, 1.82) is 0 Å². The normalized spacial score (nSPS) is 12.3. The van der Waals surface area contributed by atoms with Crippen LogP contribution in [0.2, 0.25) is 0 Å². The topological polar surface area (TPSA) is 75.7 Å². The molecule has 0 spiro atoms. The molecule has 2 rings (SSSR count). The molecule has 2 aromatic carbocycles. The highest BCUT2D eigenvalue weighted by molar-refractivity contribution is 7.92. The molecule has 6 nitrogen and oxygen atoms in total. The number of benzene rings is 2. The van der Waals surface area contributed by atoms with Crippen molar-refractivity contribution in [3.05, 3.63) is 54.3 Å². The van der Waals surface area contributed by atoms with Gasteiger partial charge in [-0.1, -0.05) is 25.1 Å². The van der Waals surface area contributed by atoms with Crippen LogP contribution in [0, 0.1) is 5.82 Å². The number of para-hydroxylation sites is 1. The van der Waals surface area contributed by atoms with Crippen molar-refractivity contribution in [2.24, 2.45) is 0 Å². The molecule has 0 radical (unpaired) electrons. The molecule has 1 atom stereocenters. The van der Waals surface area contributed by atoms with Gasteiger partial charge in [0.25, 0.3) is 0 Å². The number of ether oxygens (including phenoxy) is 1. The van der Waals surface area contributed by atoms with Crippen LogP contribution in [-0.4, -0.2) is 33.2 Å². The van der Waals surface area contributed by atoms with Crippen LogP contribution >= 0.6 is 0 Å². The first-order chi connectivity index (χ1) is 12.8. The van der Waals surface area contributed by atoms with Crippen molar-refractivity contribution in [2.45, 2.75) is 26.3 Å². The second-order valence-electron chi connectivity index (χ2n) is 5.88. The number of hydrogen-bond acceptors (Lipinski definition) is 4. The maximum Gasteiger partial charge on any atom is 0.248 e. The summed E-state index contributed by atoms with van der Waals surface area (Å²) in [7, 11) is -3.90. The van der Waals surface area contributed by atoms with Crippen LogP contribution in [0.4, 0.5) is 15.8 Å². The third kappa shape index (κ3) is 5.19. The molecule has 0 saturated carbocycles. The summed E-state index contributed by atoms with van der Waals surface area (Å²) in [4.78, 5) is 12.8. The minimum atomic E-state index is -3.90. The highest BCUT2D eigenvalue weighted by Gasteiger charge is 2.33. The fourth-order valence-corrected chi connectivity index (χ4v) is 3.93. The van der Waals surface area contributed by atoms with Gasteiger partial charge in [-0.15, -0.1) is 0 Å². The Balaban J connectivity index is 2.35. The Morgan fingerprint density at radius 2 is 1.89 bits per heavy atom. The molecule has 1 N–H and O–H groups in total. The molecule has 0 heterocycles. The van der Waals surface area contributed by atoms with Crippen LogP contribution in [0.15, 0.2) is 48.5 Å². The van der Waals surface area contributed by atoms with E-state index in [1.807, 2.05) is 6.92 Å². The van der Waals surface area contributed by atoms with Crippen molar-refractivity contribution in [3.8, 4) is 5.75 Å². The molecule has 0 fully saturated rings. The average molecular weight is 394 g/mol. The fraction of sp³-hybridized carbons (Fsp3) is 0.316. The van der Waals surface area contributed by atoms with E-state index in [1.54, 1.807) is 31.2 Å². The molecular weight excluding hydrogens is 371 g/mol. The van der Waals surface area contributed by atoms with Crippen molar-refractivity contribution in [2.75, 3.05) is 22.5 Å². The minimum absolute atomic E-state index is 0.162. The van der Waals surface area contributed by atoms with Crippen LogP contribution in [0.1, 0.15) is 20.3 Å². The Labute approximate surface area is 159 Å². The standard InChI is InChI=1S/C19H23FN2O4S/c1-4-17(19(23)21-14-9-8-10-15(13-14)26-5-2)22(27(3,24)25)18-12-7-6-11-16(18)20/h6-13,17H,4-5H2,1-3H3,(H,21,23). The zero-order valence-corrected chi connectivity index (χ0v) is 16.3. The molecule has 8 heteroatoms. The van der Waals surface area contributed by atoms with Crippen LogP contribution in [0.3, 0.4) is 0 Å². The lowest BCUT2D eigenvalue weighted by atomic mass is 10.1. The molecule has 27 heavy (non-hydrogen) atoms. The van der Waals surface area contributed by atoms with E-state index in [2.05, 4.69) is 5.32 Å². The summed E-state index contributed by atoms with van der Waals surface area (Å²) in [5, 5.41) is 2.69. The highest BCUT2D eigenvalue weighted by Crippen LogP contribution is 2.26. The van der Waals surface area contributed by atoms with Gasteiger partial charge in [0.05, 0.1) is 18.6 Å². The summed E-state index contributed by atoms with van der Waals surface area (Å²) < 4.78 is 45.1. The Morgan fingerprint density at radius 1 is 1.19 bits per heavy atom. The van der Waals surface area contributed by atoms with Crippen molar-refractivity contribution < 1.29 is 22.3 Å². The Morgan fingerprint density at radius 3 is 2.48 bits per heavy atom. The van der Waals surface area contributed by atoms with Gasteiger partial charge in [0.2, 0.25) is 15.9 Å². The second kappa shape index (κ2) is 8.85. The lowest BCUT2D eigenvalue weighted by molar-refractivity contribution is -0.117. The third-order valence-corrected chi connectivity index (χ3v) is 5.00. The van der Waals surface area contributed by atoms with E-state index >= 15 is 0 Å². The SMILES string of the molecule is CCOc1cccc(NC(=O)C(CC)N(c2ccccc2F)S(C)(=O)=O)c1. The van der Waals surface area contributed by atoms with Gasteiger partial charge in [0.15, 0.2) is 0 Å². The highest BCUT2D eigenvalue weighted by atomic mass is 32.2. The van der Waals surface area contributed by atoms with E-state index in [0.717, 1.165) is 16.6 Å². The van der Waals surface area contributed by atoms with E-state index in [1.165, 1.54) is 18.2 Å². The summed E-state index contributed by atoms with van der Waals surface area (Å²) in [5.41, 5.74) is 0.302. The predicted molar refractivity (Wildman–Crippen MR) is 104 cm³/mol. The molecule has 0 bridgehead atoms. The van der Waals surface area contributed by atoms with Crippen LogP contribution in [0.25, 0.3) is 0 Å². The van der Waals surface area contributed by atoms with E-state index in [-0.39, 0.29) is 12.1 Å². The van der Waals surface area contributed by atoms with Crippen LogP contribution < -0.4 is 14.4 Å². The summed E-state index contributed by atoms with van der Waals surface area (Å²) >= 11 is 0. The number of amides is 1. The molecule has 0 aromatic heterocycles. The van der Waals surface area contributed by atoms with Crippen molar-refractivity contribution in [1.82, 2.24) is 0 Å². The molecule has 146 valence electrons. The third-order valence-electron chi connectivity index (χ3n) is 3.83. The number of nitrogens with one attached hydrogen (secondary N) is 1. The lowest BCUT2D eigenvalue weighted by Gasteiger charge is -2.30. The molecule has 0 aliphatic rings. The first-order valence-electron chi connectivity index (χ1n) is 8.55. The minimum Gasteiger partial charge on any atom is -0.494 e.